The minimum Gasteiger partial charge on any atom is -0.494 e. The van der Waals surface area contributed by atoms with E-state index in [-0.39, 0.29) is 5.91 Å². The van der Waals surface area contributed by atoms with Crippen LogP contribution in [0.15, 0.2) is 24.3 Å². The number of nitrogens with zero attached hydrogens (tertiary/aromatic N) is 1. The van der Waals surface area contributed by atoms with Crippen LogP contribution in [-0.2, 0) is 11.2 Å². The molecule has 2 rings (SSSR count). The minimum absolute atomic E-state index is 0.121. The number of ether oxygens (including phenoxy) is 1. The van der Waals surface area contributed by atoms with Crippen LogP contribution < -0.4 is 10.1 Å². The highest BCUT2D eigenvalue weighted by atomic mass is 16.5. The Morgan fingerprint density at radius 2 is 1.24 bits per heavy atom. The smallest absolute Gasteiger partial charge is 0.224 e. The van der Waals surface area contributed by atoms with Gasteiger partial charge in [-0.25, -0.2) is 0 Å². The zero-order chi connectivity index (χ0) is 27.2. The zero-order valence-corrected chi connectivity index (χ0v) is 25.3. The highest BCUT2D eigenvalue weighted by Gasteiger charge is 2.24. The summed E-state index contributed by atoms with van der Waals surface area (Å²) in [6, 6.07) is 8.08. The van der Waals surface area contributed by atoms with Gasteiger partial charge in [-0.05, 0) is 43.4 Å². The molecule has 1 fully saturated rings. The molecule has 0 spiro atoms. The molecule has 0 aliphatic carbocycles. The summed E-state index contributed by atoms with van der Waals surface area (Å²) >= 11 is 0. The second-order valence-corrected chi connectivity index (χ2v) is 12.2. The van der Waals surface area contributed by atoms with Crippen molar-refractivity contribution in [3.05, 3.63) is 29.8 Å². The molecule has 0 radical (unpaired) electrons. The number of amides is 1. The lowest BCUT2D eigenvalue weighted by atomic mass is 10.0. The third-order valence-electron chi connectivity index (χ3n) is 8.42. The molecule has 0 saturated carbocycles. The Kier molecular flexibility index (Phi) is 18.3. The van der Waals surface area contributed by atoms with Crippen molar-refractivity contribution < 1.29 is 14.0 Å². The molecule has 1 N–H and O–H groups in total. The maximum Gasteiger partial charge on any atom is 0.224 e. The predicted molar refractivity (Wildman–Crippen MR) is 163 cm³/mol. The standard InChI is InChI=1S/C34H60N2O2/c1-3-4-5-6-7-8-9-10-11-12-13-14-15-16-17-21-30-38-33-24-22-32(23-25-33)31-34(37)35-26-29-36(2)27-19-18-20-28-36/h22-25H,3-21,26-31H2,1-2H3/p+1. The van der Waals surface area contributed by atoms with E-state index in [4.69, 9.17) is 4.74 Å². The van der Waals surface area contributed by atoms with Crippen molar-refractivity contribution in [2.24, 2.45) is 0 Å². The van der Waals surface area contributed by atoms with E-state index < -0.39 is 0 Å². The average Bonchev–Trinajstić information content (AvgIpc) is 2.91. The number of unbranched alkanes of at least 4 members (excludes halogenated alkanes) is 15. The third kappa shape index (κ3) is 16.4. The minimum atomic E-state index is 0.121. The first kappa shape index (κ1) is 32.7. The van der Waals surface area contributed by atoms with Crippen LogP contribution in [0.25, 0.3) is 0 Å². The normalized spacial score (nSPS) is 14.9. The summed E-state index contributed by atoms with van der Waals surface area (Å²) in [6.45, 7) is 7.38. The van der Waals surface area contributed by atoms with Crippen molar-refractivity contribution in [2.45, 2.75) is 135 Å². The average molecular weight is 530 g/mol. The van der Waals surface area contributed by atoms with Crippen LogP contribution in [0.2, 0.25) is 0 Å². The lowest BCUT2D eigenvalue weighted by Gasteiger charge is -2.37. The van der Waals surface area contributed by atoms with Crippen LogP contribution in [-0.4, -0.2) is 50.2 Å². The van der Waals surface area contributed by atoms with Crippen molar-refractivity contribution in [3.63, 3.8) is 0 Å². The van der Waals surface area contributed by atoms with Crippen LogP contribution >= 0.6 is 0 Å². The van der Waals surface area contributed by atoms with Gasteiger partial charge in [-0.15, -0.1) is 0 Å². The van der Waals surface area contributed by atoms with Gasteiger partial charge in [-0.2, -0.15) is 0 Å². The van der Waals surface area contributed by atoms with Gasteiger partial charge >= 0.3 is 0 Å². The number of likely N-dealkylation sites (tertiary alicyclic amines) is 1. The van der Waals surface area contributed by atoms with Crippen LogP contribution in [0.4, 0.5) is 0 Å². The van der Waals surface area contributed by atoms with Crippen LogP contribution in [0.1, 0.15) is 134 Å². The molecular weight excluding hydrogens is 468 g/mol. The highest BCUT2D eigenvalue weighted by molar-refractivity contribution is 5.78. The van der Waals surface area contributed by atoms with E-state index in [0.717, 1.165) is 41.9 Å². The molecule has 1 heterocycles. The highest BCUT2D eigenvalue weighted by Crippen LogP contribution is 2.17. The summed E-state index contributed by atoms with van der Waals surface area (Å²) in [4.78, 5) is 12.3. The zero-order valence-electron chi connectivity index (χ0n) is 25.3. The number of piperidine rings is 1. The van der Waals surface area contributed by atoms with Gasteiger partial charge in [0.15, 0.2) is 0 Å². The quantitative estimate of drug-likeness (QED) is 0.114. The van der Waals surface area contributed by atoms with Crippen LogP contribution in [0, 0.1) is 0 Å². The summed E-state index contributed by atoms with van der Waals surface area (Å²) in [6.07, 6.45) is 26.6. The van der Waals surface area contributed by atoms with Crippen LogP contribution in [0.5, 0.6) is 5.75 Å². The fourth-order valence-corrected chi connectivity index (χ4v) is 5.76. The number of carbonyl (C=O) groups is 1. The number of hydrogen-bond acceptors (Lipinski definition) is 2. The fraction of sp³-hybridized carbons (Fsp3) is 0.794. The SMILES string of the molecule is CCCCCCCCCCCCCCCCCCOc1ccc(CC(=O)NCC[N+]2(C)CCCCC2)cc1. The van der Waals surface area contributed by atoms with Gasteiger partial charge < -0.3 is 14.5 Å². The number of quaternary nitrogens is 1. The maximum absolute atomic E-state index is 12.3. The van der Waals surface area contributed by atoms with E-state index in [1.807, 2.05) is 24.3 Å². The molecule has 0 aromatic heterocycles. The maximum atomic E-state index is 12.3. The topological polar surface area (TPSA) is 38.3 Å². The Morgan fingerprint density at radius 3 is 1.76 bits per heavy atom. The molecule has 0 unspecified atom stereocenters. The number of likely N-dealkylation sites (N-methyl/N-ethyl adjacent to an activating group) is 1. The Labute approximate surface area is 235 Å². The largest absolute Gasteiger partial charge is 0.494 e. The molecule has 1 amide bonds. The molecule has 0 atom stereocenters. The molecule has 1 aromatic rings. The summed E-state index contributed by atoms with van der Waals surface area (Å²) in [5.74, 6) is 1.04. The van der Waals surface area contributed by atoms with Crippen molar-refractivity contribution in [3.8, 4) is 5.75 Å². The van der Waals surface area contributed by atoms with Crippen LogP contribution in [0.3, 0.4) is 0 Å². The Morgan fingerprint density at radius 1 is 0.737 bits per heavy atom. The first-order chi connectivity index (χ1) is 18.6. The number of hydrogen-bond donors (Lipinski definition) is 1. The number of rotatable bonds is 23. The first-order valence-electron chi connectivity index (χ1n) is 16.4. The van der Waals surface area contributed by atoms with E-state index in [1.54, 1.807) is 0 Å². The number of nitrogens with one attached hydrogen (secondary N) is 1. The van der Waals surface area contributed by atoms with Gasteiger partial charge in [-0.1, -0.05) is 115 Å². The first-order valence-corrected chi connectivity index (χ1v) is 16.4. The van der Waals surface area contributed by atoms with Crippen molar-refractivity contribution in [2.75, 3.05) is 39.8 Å². The summed E-state index contributed by atoms with van der Waals surface area (Å²) in [5.41, 5.74) is 1.05. The Balaban J connectivity index is 1.38. The van der Waals surface area contributed by atoms with Gasteiger partial charge in [0.25, 0.3) is 0 Å². The lowest BCUT2D eigenvalue weighted by Crippen LogP contribution is -2.51. The lowest BCUT2D eigenvalue weighted by molar-refractivity contribution is -0.912. The van der Waals surface area contributed by atoms with E-state index in [9.17, 15) is 4.79 Å². The number of carbonyl (C=O) groups excluding carboxylic acids is 1. The Hall–Kier alpha value is -1.55. The molecule has 4 heteroatoms. The van der Waals surface area contributed by atoms with Gasteiger partial charge in [0.1, 0.15) is 5.75 Å². The molecule has 4 nitrogen and oxygen atoms in total. The van der Waals surface area contributed by atoms with Gasteiger partial charge in [0.2, 0.25) is 5.91 Å². The number of benzene rings is 1. The van der Waals surface area contributed by atoms with E-state index >= 15 is 0 Å². The molecule has 0 bridgehead atoms. The van der Waals surface area contributed by atoms with E-state index in [2.05, 4.69) is 19.3 Å². The molecule has 1 saturated heterocycles. The molecule has 1 aliphatic rings. The molecular formula is C34H61N2O2+. The van der Waals surface area contributed by atoms with Crippen molar-refractivity contribution in [1.29, 1.82) is 0 Å². The summed E-state index contributed by atoms with van der Waals surface area (Å²) in [7, 11) is 2.32. The predicted octanol–water partition coefficient (Wildman–Crippen LogP) is 8.62. The monoisotopic (exact) mass is 529 g/mol. The molecule has 38 heavy (non-hydrogen) atoms. The van der Waals surface area contributed by atoms with E-state index in [1.165, 1.54) is 129 Å². The molecule has 1 aromatic carbocycles. The molecule has 218 valence electrons. The van der Waals surface area contributed by atoms with Crippen molar-refractivity contribution >= 4 is 5.91 Å². The second kappa shape index (κ2) is 21.3. The Bertz CT molecular complexity index is 697. The summed E-state index contributed by atoms with van der Waals surface area (Å²) in [5, 5.41) is 3.12. The third-order valence-corrected chi connectivity index (χ3v) is 8.42. The van der Waals surface area contributed by atoms with Crippen molar-refractivity contribution in [1.82, 2.24) is 5.32 Å². The molecule has 1 aliphatic heterocycles. The summed E-state index contributed by atoms with van der Waals surface area (Å²) < 4.78 is 7.03. The van der Waals surface area contributed by atoms with Gasteiger partial charge in [0.05, 0.1) is 46.3 Å². The van der Waals surface area contributed by atoms with Gasteiger partial charge in [0, 0.05) is 0 Å². The fourth-order valence-electron chi connectivity index (χ4n) is 5.76. The second-order valence-electron chi connectivity index (χ2n) is 12.2. The van der Waals surface area contributed by atoms with Gasteiger partial charge in [-0.3, -0.25) is 4.79 Å². The van der Waals surface area contributed by atoms with E-state index in [0.29, 0.717) is 6.42 Å².